The summed E-state index contributed by atoms with van der Waals surface area (Å²) in [5.41, 5.74) is 2.44. The Kier molecular flexibility index (Phi) is 6.22. The van der Waals surface area contributed by atoms with Crippen molar-refractivity contribution in [1.82, 2.24) is 10.1 Å². The maximum absolute atomic E-state index is 12.8. The van der Waals surface area contributed by atoms with Gasteiger partial charge >= 0.3 is 0 Å². The van der Waals surface area contributed by atoms with Gasteiger partial charge in [0, 0.05) is 23.9 Å². The van der Waals surface area contributed by atoms with E-state index in [1.807, 2.05) is 30.3 Å². The summed E-state index contributed by atoms with van der Waals surface area (Å²) in [4.78, 5) is 28.2. The van der Waals surface area contributed by atoms with Crippen molar-refractivity contribution < 1.29 is 18.8 Å². The molecule has 4 aromatic rings. The lowest BCUT2D eigenvalue weighted by molar-refractivity contribution is -0.114. The van der Waals surface area contributed by atoms with Crippen molar-refractivity contribution in [2.75, 3.05) is 10.6 Å². The quantitative estimate of drug-likeness (QED) is 0.448. The van der Waals surface area contributed by atoms with Crippen LogP contribution in [0.5, 0.6) is 5.75 Å². The number of nitrogens with one attached hydrogen (secondary N) is 2. The number of rotatable bonds is 7. The highest BCUT2D eigenvalue weighted by molar-refractivity contribution is 6.06. The van der Waals surface area contributed by atoms with E-state index in [-0.39, 0.29) is 18.4 Å². The number of para-hydroxylation sites is 1. The van der Waals surface area contributed by atoms with Crippen LogP contribution < -0.4 is 15.4 Å². The topological polar surface area (TPSA) is 106 Å². The first-order valence-corrected chi connectivity index (χ1v) is 9.87. The maximum Gasteiger partial charge on any atom is 0.264 e. The van der Waals surface area contributed by atoms with Gasteiger partial charge < -0.3 is 19.9 Å². The molecule has 0 fully saturated rings. The van der Waals surface area contributed by atoms with Crippen LogP contribution in [-0.4, -0.2) is 22.0 Å². The molecule has 0 radical (unpaired) electrons. The van der Waals surface area contributed by atoms with Crippen molar-refractivity contribution in [3.05, 3.63) is 90.3 Å². The van der Waals surface area contributed by atoms with Gasteiger partial charge in [0.25, 0.3) is 11.8 Å². The number of hydrogen-bond donors (Lipinski definition) is 2. The van der Waals surface area contributed by atoms with Gasteiger partial charge in [0.1, 0.15) is 5.75 Å². The minimum Gasteiger partial charge on any atom is -0.483 e. The third-order valence-corrected chi connectivity index (χ3v) is 4.45. The van der Waals surface area contributed by atoms with Crippen LogP contribution in [0.2, 0.25) is 0 Å². The number of amides is 2. The molecule has 2 N–H and O–H groups in total. The number of carbonyl (C=O) groups excluding carboxylic acids is 2. The number of nitrogens with zero attached hydrogens (tertiary/aromatic N) is 2. The van der Waals surface area contributed by atoms with E-state index in [0.29, 0.717) is 34.4 Å². The van der Waals surface area contributed by atoms with Crippen LogP contribution in [0.1, 0.15) is 23.2 Å². The second-order valence-corrected chi connectivity index (χ2v) is 6.88. The van der Waals surface area contributed by atoms with Crippen LogP contribution in [0.3, 0.4) is 0 Å². The van der Waals surface area contributed by atoms with Crippen molar-refractivity contribution in [2.24, 2.45) is 0 Å². The molecule has 1 aromatic heterocycles. The number of carbonyl (C=O) groups is 2. The minimum absolute atomic E-state index is 0.0234. The third-order valence-electron chi connectivity index (χ3n) is 4.45. The predicted molar refractivity (Wildman–Crippen MR) is 119 cm³/mol. The highest BCUT2D eigenvalue weighted by Crippen LogP contribution is 2.22. The van der Waals surface area contributed by atoms with Crippen molar-refractivity contribution >= 4 is 23.2 Å². The highest BCUT2D eigenvalue weighted by Gasteiger charge is 2.15. The second-order valence-electron chi connectivity index (χ2n) is 6.88. The van der Waals surface area contributed by atoms with E-state index in [9.17, 15) is 9.59 Å². The second kappa shape index (κ2) is 9.57. The summed E-state index contributed by atoms with van der Waals surface area (Å²) in [5, 5.41) is 9.46. The lowest BCUT2D eigenvalue weighted by Gasteiger charge is -2.11. The molecular formula is C24H20N4O4. The molecule has 0 bridgehead atoms. The summed E-state index contributed by atoms with van der Waals surface area (Å²) in [6.45, 7) is 1.46. The molecule has 0 spiro atoms. The molecule has 0 atom stereocenters. The van der Waals surface area contributed by atoms with Gasteiger partial charge in [0.15, 0.2) is 6.61 Å². The lowest BCUT2D eigenvalue weighted by atomic mass is 10.2. The Morgan fingerprint density at radius 1 is 0.875 bits per heavy atom. The molecule has 3 aromatic carbocycles. The summed E-state index contributed by atoms with van der Waals surface area (Å²) >= 11 is 0. The molecule has 32 heavy (non-hydrogen) atoms. The smallest absolute Gasteiger partial charge is 0.264 e. The fraction of sp³-hybridized carbons (Fsp3) is 0.0833. The first-order valence-electron chi connectivity index (χ1n) is 9.87. The summed E-state index contributed by atoms with van der Waals surface area (Å²) in [7, 11) is 0. The number of ether oxygens (including phenoxy) is 1. The Morgan fingerprint density at radius 2 is 1.53 bits per heavy atom. The summed E-state index contributed by atoms with van der Waals surface area (Å²) in [6, 6.07) is 23.2. The zero-order valence-corrected chi connectivity index (χ0v) is 17.2. The number of hydrogen-bond acceptors (Lipinski definition) is 6. The molecule has 8 heteroatoms. The van der Waals surface area contributed by atoms with Crippen LogP contribution in [0.4, 0.5) is 11.4 Å². The summed E-state index contributed by atoms with van der Waals surface area (Å²) in [6.07, 6.45) is 0. The van der Waals surface area contributed by atoms with Gasteiger partial charge in [-0.05, 0) is 36.4 Å². The molecule has 160 valence electrons. The van der Waals surface area contributed by atoms with E-state index < -0.39 is 0 Å². The van der Waals surface area contributed by atoms with E-state index in [0.717, 1.165) is 5.56 Å². The first kappa shape index (κ1) is 20.8. The molecule has 4 rings (SSSR count). The molecule has 0 saturated carbocycles. The Morgan fingerprint density at radius 3 is 2.25 bits per heavy atom. The van der Waals surface area contributed by atoms with Crippen molar-refractivity contribution in [3.63, 3.8) is 0 Å². The van der Waals surface area contributed by atoms with E-state index >= 15 is 0 Å². The summed E-state index contributed by atoms with van der Waals surface area (Å²) in [5.74, 6) is 0.665. The Bertz CT molecular complexity index is 1220. The average molecular weight is 428 g/mol. The van der Waals surface area contributed by atoms with Crippen LogP contribution in [0.15, 0.2) is 83.4 Å². The van der Waals surface area contributed by atoms with Crippen molar-refractivity contribution in [3.8, 4) is 17.1 Å². The number of aromatic nitrogens is 2. The number of benzene rings is 3. The predicted octanol–water partition coefficient (Wildman–Crippen LogP) is 4.53. The van der Waals surface area contributed by atoms with E-state index in [1.165, 1.54) is 6.92 Å². The zero-order valence-electron chi connectivity index (χ0n) is 17.2. The molecule has 0 aliphatic carbocycles. The molecule has 2 amide bonds. The van der Waals surface area contributed by atoms with Gasteiger partial charge in [-0.15, -0.1) is 0 Å². The Balaban J connectivity index is 1.42. The zero-order chi connectivity index (χ0) is 22.3. The highest BCUT2D eigenvalue weighted by atomic mass is 16.5. The normalized spacial score (nSPS) is 10.4. The van der Waals surface area contributed by atoms with Gasteiger partial charge in [-0.25, -0.2) is 0 Å². The van der Waals surface area contributed by atoms with E-state index in [1.54, 1.807) is 48.5 Å². The molecule has 0 aliphatic heterocycles. The van der Waals surface area contributed by atoms with Gasteiger partial charge in [-0.2, -0.15) is 4.98 Å². The summed E-state index contributed by atoms with van der Waals surface area (Å²) < 4.78 is 11.0. The van der Waals surface area contributed by atoms with Crippen LogP contribution >= 0.6 is 0 Å². The largest absolute Gasteiger partial charge is 0.483 e. The fourth-order valence-corrected chi connectivity index (χ4v) is 2.98. The molecular weight excluding hydrogens is 408 g/mol. The fourth-order valence-electron chi connectivity index (χ4n) is 2.98. The van der Waals surface area contributed by atoms with Crippen LogP contribution in [0, 0.1) is 0 Å². The molecule has 0 unspecified atom stereocenters. The lowest BCUT2D eigenvalue weighted by Crippen LogP contribution is -2.14. The molecule has 0 aliphatic rings. The minimum atomic E-state index is -0.330. The maximum atomic E-state index is 12.8. The monoisotopic (exact) mass is 428 g/mol. The van der Waals surface area contributed by atoms with Crippen molar-refractivity contribution in [2.45, 2.75) is 13.5 Å². The number of anilines is 2. The average Bonchev–Trinajstić information content (AvgIpc) is 3.28. The Labute approximate surface area is 184 Å². The van der Waals surface area contributed by atoms with Gasteiger partial charge in [-0.1, -0.05) is 47.6 Å². The van der Waals surface area contributed by atoms with Crippen molar-refractivity contribution in [1.29, 1.82) is 0 Å². The Hall–Kier alpha value is -4.46. The SMILES string of the molecule is CC(=O)Nc1ccc(NC(=O)c2ccccc2OCc2nc(-c3ccccc3)no2)cc1. The molecule has 8 nitrogen and oxygen atoms in total. The van der Waals surface area contributed by atoms with Gasteiger partial charge in [-0.3, -0.25) is 9.59 Å². The first-order chi connectivity index (χ1) is 15.6. The van der Waals surface area contributed by atoms with E-state index in [4.69, 9.17) is 9.26 Å². The van der Waals surface area contributed by atoms with Crippen LogP contribution in [-0.2, 0) is 11.4 Å². The third kappa shape index (κ3) is 5.17. The molecule has 0 saturated heterocycles. The van der Waals surface area contributed by atoms with Gasteiger partial charge in [0.05, 0.1) is 5.56 Å². The van der Waals surface area contributed by atoms with Gasteiger partial charge in [0.2, 0.25) is 11.7 Å². The standard InChI is InChI=1S/C24H20N4O4/c1-16(29)25-18-11-13-19(14-12-18)26-24(30)20-9-5-6-10-21(20)31-15-22-27-23(28-32-22)17-7-3-2-4-8-17/h2-14H,15H2,1H3,(H,25,29)(H,26,30). The van der Waals surface area contributed by atoms with E-state index in [2.05, 4.69) is 20.8 Å². The molecule has 1 heterocycles. The van der Waals surface area contributed by atoms with Crippen LogP contribution in [0.25, 0.3) is 11.4 Å².